The van der Waals surface area contributed by atoms with Crippen LogP contribution in [0.15, 0.2) is 29.0 Å². The molecule has 1 fully saturated rings. The Hall–Kier alpha value is -0.670. The molecule has 0 spiro atoms. The Kier molecular flexibility index (Phi) is 3.30. The summed E-state index contributed by atoms with van der Waals surface area (Å²) in [5, 5.41) is 3.63. The summed E-state index contributed by atoms with van der Waals surface area (Å²) in [6.45, 7) is 1.17. The summed E-state index contributed by atoms with van der Waals surface area (Å²) in [7, 11) is 0. The van der Waals surface area contributed by atoms with E-state index < -0.39 is 0 Å². The predicted octanol–water partition coefficient (Wildman–Crippen LogP) is 3.39. The van der Waals surface area contributed by atoms with Gasteiger partial charge in [0.2, 0.25) is 0 Å². The molecule has 2 aliphatic rings. The van der Waals surface area contributed by atoms with E-state index in [9.17, 15) is 0 Å². The molecule has 17 heavy (non-hydrogen) atoms. The second-order valence-electron chi connectivity index (χ2n) is 5.00. The van der Waals surface area contributed by atoms with Gasteiger partial charge in [0.25, 0.3) is 0 Å². The van der Waals surface area contributed by atoms with Crippen molar-refractivity contribution in [3.63, 3.8) is 0 Å². The molecule has 1 saturated heterocycles. The van der Waals surface area contributed by atoms with Crippen LogP contribution < -0.4 is 5.32 Å². The van der Waals surface area contributed by atoms with Crippen LogP contribution in [0.1, 0.15) is 31.2 Å². The van der Waals surface area contributed by atoms with Crippen molar-refractivity contribution in [2.45, 2.75) is 31.7 Å². The van der Waals surface area contributed by atoms with E-state index in [1.54, 1.807) is 0 Å². The van der Waals surface area contributed by atoms with Crippen molar-refractivity contribution in [1.29, 1.82) is 0 Å². The van der Waals surface area contributed by atoms with Crippen LogP contribution in [0.2, 0.25) is 0 Å². The van der Waals surface area contributed by atoms with Gasteiger partial charge in [-0.25, -0.2) is 0 Å². The van der Waals surface area contributed by atoms with E-state index >= 15 is 0 Å². The Bertz CT molecular complexity index is 442. The van der Waals surface area contributed by atoms with Gasteiger partial charge in [0, 0.05) is 22.9 Å². The molecule has 1 aliphatic carbocycles. The number of hydrogen-bond donors (Lipinski definition) is 1. The van der Waals surface area contributed by atoms with Crippen molar-refractivity contribution in [2.75, 3.05) is 6.54 Å². The molecule has 3 heteroatoms. The smallest absolute Gasteiger partial charge is 0.0410 e. The molecule has 0 radical (unpaired) electrons. The maximum absolute atomic E-state index is 4.26. The maximum atomic E-state index is 4.26. The number of fused-ring (bicyclic) bond motifs is 1. The molecule has 1 N–H and O–H groups in total. The summed E-state index contributed by atoms with van der Waals surface area (Å²) in [4.78, 5) is 4.26. The lowest BCUT2D eigenvalue weighted by atomic mass is 9.79. The number of nitrogens with one attached hydrogen (secondary N) is 1. The third-order valence-electron chi connectivity index (χ3n) is 3.88. The van der Waals surface area contributed by atoms with Gasteiger partial charge in [0.05, 0.1) is 0 Å². The van der Waals surface area contributed by atoms with Crippen molar-refractivity contribution in [3.8, 4) is 0 Å². The van der Waals surface area contributed by atoms with E-state index in [0.29, 0.717) is 6.04 Å². The van der Waals surface area contributed by atoms with Gasteiger partial charge >= 0.3 is 0 Å². The molecule has 1 aromatic rings. The number of pyridine rings is 1. The first-order valence-corrected chi connectivity index (χ1v) is 7.17. The summed E-state index contributed by atoms with van der Waals surface area (Å²) < 4.78 is 1.06. The maximum Gasteiger partial charge on any atom is 0.0410 e. The fourth-order valence-electron chi connectivity index (χ4n) is 2.97. The molecule has 2 heterocycles. The molecule has 0 saturated carbocycles. The third-order valence-corrected chi connectivity index (χ3v) is 4.31. The van der Waals surface area contributed by atoms with Crippen molar-refractivity contribution in [1.82, 2.24) is 10.3 Å². The number of hydrogen-bond acceptors (Lipinski definition) is 2. The Balaban J connectivity index is 1.86. The van der Waals surface area contributed by atoms with Crippen LogP contribution >= 0.6 is 15.9 Å². The van der Waals surface area contributed by atoms with Gasteiger partial charge in [0.1, 0.15) is 0 Å². The van der Waals surface area contributed by atoms with E-state index in [1.165, 1.54) is 43.4 Å². The zero-order valence-electron chi connectivity index (χ0n) is 9.82. The number of piperidine rings is 1. The summed E-state index contributed by atoms with van der Waals surface area (Å²) >= 11 is 3.49. The molecule has 2 atom stereocenters. The lowest BCUT2D eigenvalue weighted by Gasteiger charge is -2.35. The van der Waals surface area contributed by atoms with Crippen molar-refractivity contribution in [2.24, 2.45) is 5.92 Å². The first-order chi connectivity index (χ1) is 8.33. The van der Waals surface area contributed by atoms with Crippen LogP contribution in [-0.2, 0) is 0 Å². The third kappa shape index (κ3) is 2.45. The van der Waals surface area contributed by atoms with Gasteiger partial charge < -0.3 is 5.32 Å². The summed E-state index contributed by atoms with van der Waals surface area (Å²) in [5.41, 5.74) is 2.72. The average molecular weight is 293 g/mol. The molecular formula is C14H17BrN2. The Morgan fingerprint density at radius 2 is 2.24 bits per heavy atom. The van der Waals surface area contributed by atoms with Crippen LogP contribution in [0, 0.1) is 5.92 Å². The van der Waals surface area contributed by atoms with E-state index in [2.05, 4.69) is 38.4 Å². The van der Waals surface area contributed by atoms with Crippen LogP contribution in [0.3, 0.4) is 0 Å². The highest BCUT2D eigenvalue weighted by Crippen LogP contribution is 2.34. The monoisotopic (exact) mass is 292 g/mol. The van der Waals surface area contributed by atoms with Crippen LogP contribution in [0.5, 0.6) is 0 Å². The van der Waals surface area contributed by atoms with Crippen LogP contribution in [0.4, 0.5) is 0 Å². The van der Waals surface area contributed by atoms with Crippen LogP contribution in [0.25, 0.3) is 5.57 Å². The predicted molar refractivity (Wildman–Crippen MR) is 73.7 cm³/mol. The molecule has 2 nitrogen and oxygen atoms in total. The zero-order chi connectivity index (χ0) is 11.7. The molecule has 1 aliphatic heterocycles. The van der Waals surface area contributed by atoms with Crippen LogP contribution in [-0.4, -0.2) is 17.6 Å². The first kappa shape index (κ1) is 11.4. The number of allylic oxidation sites excluding steroid dienone is 1. The van der Waals surface area contributed by atoms with Crippen molar-refractivity contribution < 1.29 is 0 Å². The summed E-state index contributed by atoms with van der Waals surface area (Å²) in [5.74, 6) is 0.854. The molecule has 90 valence electrons. The normalized spacial score (nSPS) is 28.4. The summed E-state index contributed by atoms with van der Waals surface area (Å²) in [6.07, 6.45) is 11.5. The Morgan fingerprint density at radius 3 is 3.12 bits per heavy atom. The highest BCUT2D eigenvalue weighted by molar-refractivity contribution is 9.10. The lowest BCUT2D eigenvalue weighted by Crippen LogP contribution is -2.41. The quantitative estimate of drug-likeness (QED) is 0.858. The van der Waals surface area contributed by atoms with Gasteiger partial charge in [-0.05, 0) is 71.3 Å². The first-order valence-electron chi connectivity index (χ1n) is 6.38. The van der Waals surface area contributed by atoms with Gasteiger partial charge in [-0.3, -0.25) is 4.98 Å². The average Bonchev–Trinajstić information content (AvgIpc) is 2.38. The van der Waals surface area contributed by atoms with Crippen molar-refractivity contribution >= 4 is 21.5 Å². The SMILES string of the molecule is Brc1cncc(C2=CC3NCCCC3CC2)c1. The van der Waals surface area contributed by atoms with Gasteiger partial charge in [0.15, 0.2) is 0 Å². The Morgan fingerprint density at radius 1 is 1.29 bits per heavy atom. The van der Waals surface area contributed by atoms with E-state index in [0.717, 1.165) is 10.4 Å². The Labute approximate surface area is 111 Å². The minimum Gasteiger partial charge on any atom is -0.310 e. The number of aromatic nitrogens is 1. The minimum atomic E-state index is 0.589. The second-order valence-corrected chi connectivity index (χ2v) is 5.92. The standard InChI is InChI=1S/C14H17BrN2/c15-13-6-12(8-16-9-13)11-4-3-10-2-1-5-17-14(10)7-11/h6-10,14,17H,1-5H2. The number of halogens is 1. The van der Waals surface area contributed by atoms with E-state index in [1.807, 2.05) is 12.4 Å². The molecule has 3 rings (SSSR count). The summed E-state index contributed by atoms with van der Waals surface area (Å²) in [6, 6.07) is 2.76. The second kappa shape index (κ2) is 4.91. The molecule has 0 bridgehead atoms. The largest absolute Gasteiger partial charge is 0.310 e. The minimum absolute atomic E-state index is 0.589. The molecule has 0 amide bonds. The highest BCUT2D eigenvalue weighted by Gasteiger charge is 2.27. The van der Waals surface area contributed by atoms with Gasteiger partial charge in [-0.1, -0.05) is 6.08 Å². The zero-order valence-corrected chi connectivity index (χ0v) is 11.4. The fourth-order valence-corrected chi connectivity index (χ4v) is 3.33. The molecule has 1 aromatic heterocycles. The van der Waals surface area contributed by atoms with Crippen molar-refractivity contribution in [3.05, 3.63) is 34.6 Å². The van der Waals surface area contributed by atoms with E-state index in [4.69, 9.17) is 0 Å². The molecule has 2 unspecified atom stereocenters. The molecular weight excluding hydrogens is 276 g/mol. The van der Waals surface area contributed by atoms with E-state index in [-0.39, 0.29) is 0 Å². The number of rotatable bonds is 1. The van der Waals surface area contributed by atoms with Gasteiger partial charge in [-0.2, -0.15) is 0 Å². The van der Waals surface area contributed by atoms with Gasteiger partial charge in [-0.15, -0.1) is 0 Å². The lowest BCUT2D eigenvalue weighted by molar-refractivity contribution is 0.298. The molecule has 0 aromatic carbocycles. The fraction of sp³-hybridized carbons (Fsp3) is 0.500. The number of nitrogens with zero attached hydrogens (tertiary/aromatic N) is 1. The topological polar surface area (TPSA) is 24.9 Å². The highest BCUT2D eigenvalue weighted by atomic mass is 79.9.